The van der Waals surface area contributed by atoms with Gasteiger partial charge in [0.2, 0.25) is 5.78 Å². The van der Waals surface area contributed by atoms with Crippen molar-refractivity contribution in [2.75, 3.05) is 11.5 Å². The van der Waals surface area contributed by atoms with Gasteiger partial charge < -0.3 is 4.42 Å². The number of Topliss-reactive ketones (excluding diaryl/α,β-unsaturated/α-hetero) is 1. The van der Waals surface area contributed by atoms with Crippen molar-refractivity contribution in [2.45, 2.75) is 13.8 Å². The molecular weight excluding hydrogens is 232 g/mol. The fraction of sp³-hybridized carbons (Fsp3) is 0.357. The van der Waals surface area contributed by atoms with Gasteiger partial charge in [-0.25, -0.2) is 0 Å². The van der Waals surface area contributed by atoms with Crippen LogP contribution in [0.15, 0.2) is 34.7 Å². The third-order valence-corrected chi connectivity index (χ3v) is 3.75. The molecule has 0 aliphatic carbocycles. The highest BCUT2D eigenvalue weighted by molar-refractivity contribution is 7.99. The van der Waals surface area contributed by atoms with E-state index in [0.717, 1.165) is 16.7 Å². The van der Waals surface area contributed by atoms with Crippen LogP contribution in [0, 0.1) is 5.92 Å². The van der Waals surface area contributed by atoms with Gasteiger partial charge in [0.1, 0.15) is 5.58 Å². The molecule has 0 N–H and O–H groups in total. The van der Waals surface area contributed by atoms with Crippen molar-refractivity contribution in [3.05, 3.63) is 36.1 Å². The highest BCUT2D eigenvalue weighted by Crippen LogP contribution is 2.20. The molecule has 0 amide bonds. The lowest BCUT2D eigenvalue weighted by atomic mass is 10.2. The summed E-state index contributed by atoms with van der Waals surface area (Å²) in [5.74, 6) is 2.67. The quantitative estimate of drug-likeness (QED) is 0.749. The van der Waals surface area contributed by atoms with E-state index in [-0.39, 0.29) is 5.78 Å². The first-order valence-corrected chi connectivity index (χ1v) is 6.92. The minimum absolute atomic E-state index is 0.0758. The van der Waals surface area contributed by atoms with Gasteiger partial charge in [0.05, 0.1) is 5.75 Å². The van der Waals surface area contributed by atoms with Gasteiger partial charge in [-0.1, -0.05) is 32.0 Å². The normalized spacial score (nSPS) is 11.2. The summed E-state index contributed by atoms with van der Waals surface area (Å²) in [6, 6.07) is 9.52. The second-order valence-electron chi connectivity index (χ2n) is 4.48. The smallest absolute Gasteiger partial charge is 0.207 e. The number of para-hydroxylation sites is 1. The highest BCUT2D eigenvalue weighted by atomic mass is 32.2. The Balaban J connectivity index is 2.04. The molecule has 2 rings (SSSR count). The van der Waals surface area contributed by atoms with Crippen molar-refractivity contribution in [3.63, 3.8) is 0 Å². The monoisotopic (exact) mass is 248 g/mol. The number of fused-ring (bicyclic) bond motifs is 1. The molecule has 1 heterocycles. The van der Waals surface area contributed by atoms with Crippen molar-refractivity contribution in [2.24, 2.45) is 5.92 Å². The van der Waals surface area contributed by atoms with Gasteiger partial charge in [-0.15, -0.1) is 0 Å². The lowest BCUT2D eigenvalue weighted by Gasteiger charge is -2.01. The third-order valence-electron chi connectivity index (χ3n) is 2.38. The van der Waals surface area contributed by atoms with Crippen LogP contribution in [0.3, 0.4) is 0 Å². The zero-order valence-corrected chi connectivity index (χ0v) is 10.9. The number of rotatable bonds is 5. The van der Waals surface area contributed by atoms with Gasteiger partial charge in [0.25, 0.3) is 0 Å². The molecule has 17 heavy (non-hydrogen) atoms. The van der Waals surface area contributed by atoms with E-state index in [1.807, 2.05) is 30.3 Å². The number of carbonyl (C=O) groups is 1. The molecule has 0 fully saturated rings. The van der Waals surface area contributed by atoms with Crippen LogP contribution in [0.25, 0.3) is 11.0 Å². The standard InChI is InChI=1S/C14H16O2S/c1-10(2)8-17-9-12(15)14-7-11-5-3-4-6-13(11)16-14/h3-7,10H,8-9H2,1-2H3. The van der Waals surface area contributed by atoms with Crippen LogP contribution in [0.5, 0.6) is 0 Å². The molecule has 1 aromatic carbocycles. The van der Waals surface area contributed by atoms with Gasteiger partial charge in [0, 0.05) is 5.39 Å². The van der Waals surface area contributed by atoms with Crippen LogP contribution in [0.2, 0.25) is 0 Å². The SMILES string of the molecule is CC(C)CSCC(=O)c1cc2ccccc2o1. The van der Waals surface area contributed by atoms with Gasteiger partial charge >= 0.3 is 0 Å². The van der Waals surface area contributed by atoms with E-state index in [4.69, 9.17) is 4.42 Å². The molecule has 1 aromatic heterocycles. The molecular formula is C14H16O2S. The van der Waals surface area contributed by atoms with E-state index in [2.05, 4.69) is 13.8 Å². The molecule has 0 radical (unpaired) electrons. The largest absolute Gasteiger partial charge is 0.453 e. The fourth-order valence-electron chi connectivity index (χ4n) is 1.58. The summed E-state index contributed by atoms with van der Waals surface area (Å²) in [5, 5.41) is 0.990. The molecule has 2 nitrogen and oxygen atoms in total. The molecule has 0 unspecified atom stereocenters. The van der Waals surface area contributed by atoms with E-state index < -0.39 is 0 Å². The summed E-state index contributed by atoms with van der Waals surface area (Å²) in [7, 11) is 0. The van der Waals surface area contributed by atoms with E-state index in [0.29, 0.717) is 17.4 Å². The first kappa shape index (κ1) is 12.2. The first-order chi connectivity index (χ1) is 8.16. The van der Waals surface area contributed by atoms with Crippen molar-refractivity contribution >= 4 is 28.5 Å². The topological polar surface area (TPSA) is 30.2 Å². The van der Waals surface area contributed by atoms with E-state index in [1.165, 1.54) is 0 Å². The van der Waals surface area contributed by atoms with Crippen molar-refractivity contribution in [3.8, 4) is 0 Å². The maximum absolute atomic E-state index is 11.9. The number of hydrogen-bond donors (Lipinski definition) is 0. The van der Waals surface area contributed by atoms with Crippen LogP contribution < -0.4 is 0 Å². The molecule has 0 aliphatic heterocycles. The molecule has 2 aromatic rings. The lowest BCUT2D eigenvalue weighted by molar-refractivity contribution is 0.0994. The predicted octanol–water partition coefficient (Wildman–Crippen LogP) is 4.00. The van der Waals surface area contributed by atoms with Crippen LogP contribution in [0.1, 0.15) is 24.4 Å². The molecule has 3 heteroatoms. The Labute approximate surface area is 105 Å². The summed E-state index contributed by atoms with van der Waals surface area (Å²) in [6.45, 7) is 4.30. The minimum Gasteiger partial charge on any atom is -0.453 e. The Bertz CT molecular complexity index is 481. The minimum atomic E-state index is 0.0758. The highest BCUT2D eigenvalue weighted by Gasteiger charge is 2.12. The summed E-state index contributed by atoms with van der Waals surface area (Å²) in [6.07, 6.45) is 0. The Morgan fingerprint density at radius 2 is 2.12 bits per heavy atom. The van der Waals surface area contributed by atoms with E-state index in [9.17, 15) is 4.79 Å². The van der Waals surface area contributed by atoms with E-state index >= 15 is 0 Å². The Kier molecular flexibility index (Phi) is 3.89. The number of ketones is 1. The fourth-order valence-corrected chi connectivity index (χ4v) is 2.49. The zero-order valence-electron chi connectivity index (χ0n) is 10.1. The molecule has 0 saturated heterocycles. The maximum atomic E-state index is 11.9. The molecule has 0 atom stereocenters. The zero-order chi connectivity index (χ0) is 12.3. The Morgan fingerprint density at radius 3 is 2.82 bits per heavy atom. The molecule has 90 valence electrons. The summed E-state index contributed by atoms with van der Waals surface area (Å²) in [5.41, 5.74) is 0.782. The van der Waals surface area contributed by atoms with Crippen LogP contribution >= 0.6 is 11.8 Å². The summed E-state index contributed by atoms with van der Waals surface area (Å²) in [4.78, 5) is 11.9. The average Bonchev–Trinajstić information content (AvgIpc) is 2.71. The number of thioether (sulfide) groups is 1. The summed E-state index contributed by atoms with van der Waals surface area (Å²) < 4.78 is 5.52. The van der Waals surface area contributed by atoms with Gasteiger partial charge in [-0.2, -0.15) is 11.8 Å². The number of furan rings is 1. The second-order valence-corrected chi connectivity index (χ2v) is 5.51. The average molecular weight is 248 g/mol. The van der Waals surface area contributed by atoms with Crippen LogP contribution in [-0.4, -0.2) is 17.3 Å². The van der Waals surface area contributed by atoms with Crippen molar-refractivity contribution in [1.29, 1.82) is 0 Å². The number of hydrogen-bond acceptors (Lipinski definition) is 3. The summed E-state index contributed by atoms with van der Waals surface area (Å²) >= 11 is 1.66. The first-order valence-electron chi connectivity index (χ1n) is 5.76. The van der Waals surface area contributed by atoms with E-state index in [1.54, 1.807) is 11.8 Å². The Hall–Kier alpha value is -1.22. The second kappa shape index (κ2) is 5.41. The van der Waals surface area contributed by atoms with Gasteiger partial charge in [0.15, 0.2) is 5.76 Å². The van der Waals surface area contributed by atoms with Crippen molar-refractivity contribution < 1.29 is 9.21 Å². The Morgan fingerprint density at radius 1 is 1.35 bits per heavy atom. The number of benzene rings is 1. The van der Waals surface area contributed by atoms with Crippen LogP contribution in [-0.2, 0) is 0 Å². The van der Waals surface area contributed by atoms with Gasteiger partial charge in [-0.3, -0.25) is 4.79 Å². The molecule has 0 aliphatic rings. The van der Waals surface area contributed by atoms with Crippen molar-refractivity contribution in [1.82, 2.24) is 0 Å². The lowest BCUT2D eigenvalue weighted by Crippen LogP contribution is -2.03. The maximum Gasteiger partial charge on any atom is 0.207 e. The molecule has 0 bridgehead atoms. The number of carbonyl (C=O) groups excluding carboxylic acids is 1. The third kappa shape index (κ3) is 3.13. The molecule has 0 saturated carbocycles. The van der Waals surface area contributed by atoms with Crippen LogP contribution in [0.4, 0.5) is 0 Å². The van der Waals surface area contributed by atoms with Gasteiger partial charge in [-0.05, 0) is 23.8 Å². The predicted molar refractivity (Wildman–Crippen MR) is 72.7 cm³/mol. The molecule has 0 spiro atoms.